The summed E-state index contributed by atoms with van der Waals surface area (Å²) in [5, 5.41) is 7.77. The molecule has 39 heavy (non-hydrogen) atoms. The summed E-state index contributed by atoms with van der Waals surface area (Å²) in [5.41, 5.74) is 6.77. The van der Waals surface area contributed by atoms with Gasteiger partial charge in [0, 0.05) is 28.3 Å². The molecule has 6 nitrogen and oxygen atoms in total. The van der Waals surface area contributed by atoms with Gasteiger partial charge in [-0.25, -0.2) is 9.37 Å². The van der Waals surface area contributed by atoms with Crippen molar-refractivity contribution >= 4 is 33.9 Å². The zero-order valence-electron chi connectivity index (χ0n) is 23.9. The molecule has 206 valence electrons. The number of benzene rings is 2. The monoisotopic (exact) mass is 531 g/mol. The van der Waals surface area contributed by atoms with Crippen LogP contribution < -0.4 is 20.1 Å². The Morgan fingerprint density at radius 3 is 2.49 bits per heavy atom. The molecule has 0 aliphatic rings. The van der Waals surface area contributed by atoms with Gasteiger partial charge >= 0.3 is 0 Å². The maximum absolute atomic E-state index is 15.5. The van der Waals surface area contributed by atoms with Crippen molar-refractivity contribution in [1.29, 1.82) is 0 Å². The van der Waals surface area contributed by atoms with Crippen LogP contribution in [0.1, 0.15) is 61.1 Å². The van der Waals surface area contributed by atoms with Gasteiger partial charge in [-0.05, 0) is 57.7 Å². The molecule has 0 saturated heterocycles. The van der Waals surface area contributed by atoms with Crippen LogP contribution in [0.4, 0.5) is 21.6 Å². The van der Waals surface area contributed by atoms with E-state index in [1.807, 2.05) is 26.0 Å². The lowest BCUT2D eigenvalue weighted by Gasteiger charge is -2.18. The Hall–Kier alpha value is -4.00. The second kappa shape index (κ2) is 12.2. The summed E-state index contributed by atoms with van der Waals surface area (Å²) >= 11 is 0. The van der Waals surface area contributed by atoms with Gasteiger partial charge in [0.2, 0.25) is 0 Å². The number of hydrogen-bond donors (Lipinski definition) is 2. The lowest BCUT2D eigenvalue weighted by atomic mass is 10.0. The first kappa shape index (κ1) is 28.0. The first-order chi connectivity index (χ1) is 18.8. The summed E-state index contributed by atoms with van der Waals surface area (Å²) in [4.78, 5) is 4.63. The minimum Gasteiger partial charge on any atom is -0.496 e. The fraction of sp³-hybridized carbons (Fsp3) is 0.344. The average molecular weight is 532 g/mol. The molecule has 0 spiro atoms. The Balaban J connectivity index is 1.81. The molecule has 2 heterocycles. The second-order valence-corrected chi connectivity index (χ2v) is 9.77. The van der Waals surface area contributed by atoms with Gasteiger partial charge in [0.05, 0.1) is 31.8 Å². The van der Waals surface area contributed by atoms with E-state index < -0.39 is 5.82 Å². The van der Waals surface area contributed by atoms with Crippen molar-refractivity contribution < 1.29 is 18.3 Å². The van der Waals surface area contributed by atoms with Gasteiger partial charge in [-0.3, -0.25) is 0 Å². The standard InChI is InChI=1S/C32H38FN3O3/c1-8-10-12-22-23-16-29(35-24-14-13-19(3)15-20(24)4)34-18-28(23)39-32(22)25(11-9-2)36-31-21(5)26(37-6)17-27(38-7)30(31)33/h11,13-18,36H,8-10,12H2,1-7H3,(H,34,35)/b25-11+. The molecule has 0 bridgehead atoms. The Kier molecular flexibility index (Phi) is 8.79. The van der Waals surface area contributed by atoms with Gasteiger partial charge in [0.25, 0.3) is 0 Å². The maximum atomic E-state index is 15.5. The fourth-order valence-corrected chi connectivity index (χ4v) is 4.78. The Labute approximate surface area is 230 Å². The molecule has 0 fully saturated rings. The second-order valence-electron chi connectivity index (χ2n) is 9.77. The number of fused-ring (bicyclic) bond motifs is 1. The van der Waals surface area contributed by atoms with Crippen LogP contribution in [-0.4, -0.2) is 19.2 Å². The van der Waals surface area contributed by atoms with Gasteiger partial charge in [0.15, 0.2) is 22.9 Å². The number of aryl methyl sites for hydroxylation is 3. The number of furan rings is 1. The van der Waals surface area contributed by atoms with E-state index in [4.69, 9.17) is 13.9 Å². The maximum Gasteiger partial charge on any atom is 0.188 e. The van der Waals surface area contributed by atoms with Crippen LogP contribution in [0.5, 0.6) is 11.5 Å². The third-order valence-electron chi connectivity index (χ3n) is 6.90. The lowest BCUT2D eigenvalue weighted by Crippen LogP contribution is -2.07. The molecule has 7 heteroatoms. The van der Waals surface area contributed by atoms with Crippen LogP contribution >= 0.6 is 0 Å². The average Bonchev–Trinajstić information content (AvgIpc) is 3.28. The number of rotatable bonds is 11. The highest BCUT2D eigenvalue weighted by atomic mass is 19.1. The minimum atomic E-state index is -0.481. The smallest absolute Gasteiger partial charge is 0.188 e. The molecule has 2 aromatic heterocycles. The van der Waals surface area contributed by atoms with E-state index in [2.05, 4.69) is 54.6 Å². The first-order valence-corrected chi connectivity index (χ1v) is 13.4. The van der Waals surface area contributed by atoms with E-state index >= 15 is 4.39 Å². The number of pyridine rings is 1. The molecule has 2 N–H and O–H groups in total. The molecule has 0 amide bonds. The highest BCUT2D eigenvalue weighted by molar-refractivity contribution is 5.91. The van der Waals surface area contributed by atoms with Crippen LogP contribution in [0.15, 0.2) is 47.0 Å². The van der Waals surface area contributed by atoms with Crippen molar-refractivity contribution in [2.24, 2.45) is 0 Å². The number of nitrogens with one attached hydrogen (secondary N) is 2. The predicted octanol–water partition coefficient (Wildman–Crippen LogP) is 8.86. The van der Waals surface area contributed by atoms with E-state index in [0.717, 1.165) is 53.7 Å². The normalized spacial score (nSPS) is 11.6. The van der Waals surface area contributed by atoms with Gasteiger partial charge in [-0.2, -0.15) is 0 Å². The number of anilines is 3. The van der Waals surface area contributed by atoms with Gasteiger partial charge in [0.1, 0.15) is 11.6 Å². The van der Waals surface area contributed by atoms with Crippen LogP contribution in [0.25, 0.3) is 16.7 Å². The number of aromatic nitrogens is 1. The molecular formula is C32H38FN3O3. The largest absolute Gasteiger partial charge is 0.496 e. The number of unbranched alkanes of at least 4 members (excludes halogenated alkanes) is 1. The van der Waals surface area contributed by atoms with Crippen molar-refractivity contribution in [1.82, 2.24) is 4.98 Å². The number of ether oxygens (including phenoxy) is 2. The molecule has 4 rings (SSSR count). The van der Waals surface area contributed by atoms with E-state index in [-0.39, 0.29) is 5.75 Å². The van der Waals surface area contributed by atoms with Crippen LogP contribution in [0.2, 0.25) is 0 Å². The molecule has 0 atom stereocenters. The summed E-state index contributed by atoms with van der Waals surface area (Å²) < 4.78 is 32.7. The number of nitrogens with zero attached hydrogens (tertiary/aromatic N) is 1. The van der Waals surface area contributed by atoms with Crippen molar-refractivity contribution in [3.05, 3.63) is 76.4 Å². The molecular weight excluding hydrogens is 493 g/mol. The fourth-order valence-electron chi connectivity index (χ4n) is 4.78. The predicted molar refractivity (Wildman–Crippen MR) is 158 cm³/mol. The van der Waals surface area contributed by atoms with Crippen molar-refractivity contribution in [3.8, 4) is 11.5 Å². The first-order valence-electron chi connectivity index (χ1n) is 13.4. The number of halogens is 1. The highest BCUT2D eigenvalue weighted by Gasteiger charge is 2.23. The Bertz CT molecular complexity index is 1480. The molecule has 0 unspecified atom stereocenters. The van der Waals surface area contributed by atoms with Crippen molar-refractivity contribution in [2.75, 3.05) is 24.9 Å². The Morgan fingerprint density at radius 1 is 1.05 bits per heavy atom. The summed E-state index contributed by atoms with van der Waals surface area (Å²) in [5.74, 6) is 1.59. The van der Waals surface area contributed by atoms with Crippen LogP contribution in [-0.2, 0) is 6.42 Å². The van der Waals surface area contributed by atoms with Gasteiger partial charge in [-0.15, -0.1) is 0 Å². The highest BCUT2D eigenvalue weighted by Crippen LogP contribution is 2.39. The quantitative estimate of drug-likeness (QED) is 0.201. The SMILES string of the molecule is CC/C=C(/Nc1c(C)c(OC)cc(OC)c1F)c1oc2cnc(Nc3ccc(C)cc3C)cc2c1CCCC. The van der Waals surface area contributed by atoms with E-state index in [9.17, 15) is 0 Å². The summed E-state index contributed by atoms with van der Waals surface area (Å²) in [7, 11) is 3.00. The van der Waals surface area contributed by atoms with Gasteiger partial charge < -0.3 is 24.5 Å². The number of hydrogen-bond acceptors (Lipinski definition) is 6. The summed E-state index contributed by atoms with van der Waals surface area (Å²) in [6.45, 7) is 10.2. The van der Waals surface area contributed by atoms with Crippen LogP contribution in [0, 0.1) is 26.6 Å². The van der Waals surface area contributed by atoms with E-state index in [1.54, 1.807) is 19.4 Å². The Morgan fingerprint density at radius 2 is 1.82 bits per heavy atom. The molecule has 2 aromatic carbocycles. The zero-order chi connectivity index (χ0) is 28.1. The number of methoxy groups -OCH3 is 2. The molecule has 0 aliphatic carbocycles. The molecule has 0 aliphatic heterocycles. The summed E-state index contributed by atoms with van der Waals surface area (Å²) in [6.07, 6.45) is 7.34. The zero-order valence-corrected chi connectivity index (χ0v) is 23.9. The molecule has 4 aromatic rings. The van der Waals surface area contributed by atoms with E-state index in [1.165, 1.54) is 12.7 Å². The third kappa shape index (κ3) is 5.87. The number of allylic oxidation sites excluding steroid dienone is 1. The lowest BCUT2D eigenvalue weighted by molar-refractivity contribution is 0.373. The van der Waals surface area contributed by atoms with Crippen molar-refractivity contribution in [2.45, 2.75) is 60.3 Å². The van der Waals surface area contributed by atoms with Crippen LogP contribution in [0.3, 0.4) is 0 Å². The third-order valence-corrected chi connectivity index (χ3v) is 6.90. The van der Waals surface area contributed by atoms with Gasteiger partial charge in [-0.1, -0.05) is 44.0 Å². The topological polar surface area (TPSA) is 68.5 Å². The van der Waals surface area contributed by atoms with Crippen molar-refractivity contribution in [3.63, 3.8) is 0 Å². The summed E-state index contributed by atoms with van der Waals surface area (Å²) in [6, 6.07) is 9.89. The molecule has 0 saturated carbocycles. The minimum absolute atomic E-state index is 0.109. The van der Waals surface area contributed by atoms with E-state index in [0.29, 0.717) is 34.0 Å². The molecule has 0 radical (unpaired) electrons.